The van der Waals surface area contributed by atoms with Gasteiger partial charge in [-0.2, -0.15) is 0 Å². The highest BCUT2D eigenvalue weighted by Gasteiger charge is 2.12. The van der Waals surface area contributed by atoms with E-state index in [0.717, 1.165) is 33.5 Å². The quantitative estimate of drug-likeness (QED) is 0.863. The minimum atomic E-state index is 0.609. The van der Waals surface area contributed by atoms with Crippen LogP contribution in [0.5, 0.6) is 0 Å². The van der Waals surface area contributed by atoms with E-state index in [0.29, 0.717) is 6.54 Å². The highest BCUT2D eigenvalue weighted by Crippen LogP contribution is 2.28. The van der Waals surface area contributed by atoms with Crippen LogP contribution in [-0.4, -0.2) is 16.7 Å². The van der Waals surface area contributed by atoms with Crippen molar-refractivity contribution in [3.63, 3.8) is 0 Å². The third kappa shape index (κ3) is 2.08. The lowest BCUT2D eigenvalue weighted by molar-refractivity contribution is 0.505. The summed E-state index contributed by atoms with van der Waals surface area (Å²) in [6.45, 7) is 4.47. The second kappa shape index (κ2) is 4.12. The Kier molecular flexibility index (Phi) is 2.83. The molecule has 0 radical (unpaired) electrons. The number of nitrogens with two attached hydrogens (primary N) is 1. The largest absolute Gasteiger partial charge is 0.466 e. The van der Waals surface area contributed by atoms with Gasteiger partial charge in [-0.05, 0) is 26.5 Å². The molecule has 5 heteroatoms. The molecular formula is C10H13N3OS. The van der Waals surface area contributed by atoms with E-state index in [1.165, 1.54) is 0 Å². The van der Waals surface area contributed by atoms with Crippen LogP contribution in [0.3, 0.4) is 0 Å². The lowest BCUT2D eigenvalue weighted by Gasteiger charge is -1.89. The van der Waals surface area contributed by atoms with E-state index >= 15 is 0 Å². The molecule has 0 aliphatic heterocycles. The number of nitrogens with zero attached hydrogens (tertiary/aromatic N) is 2. The first kappa shape index (κ1) is 10.3. The van der Waals surface area contributed by atoms with Crippen LogP contribution in [0.15, 0.2) is 10.5 Å². The van der Waals surface area contributed by atoms with Gasteiger partial charge in [0.05, 0.1) is 5.56 Å². The van der Waals surface area contributed by atoms with Gasteiger partial charge in [0, 0.05) is 6.42 Å². The maximum absolute atomic E-state index is 5.46. The minimum absolute atomic E-state index is 0.609. The molecule has 0 aromatic carbocycles. The number of furan rings is 1. The molecule has 0 saturated carbocycles. The van der Waals surface area contributed by atoms with Crippen molar-refractivity contribution in [2.24, 2.45) is 5.73 Å². The fourth-order valence-corrected chi connectivity index (χ4v) is 2.35. The van der Waals surface area contributed by atoms with E-state index in [4.69, 9.17) is 10.2 Å². The Labute approximate surface area is 92.1 Å². The molecular weight excluding hydrogens is 210 g/mol. The van der Waals surface area contributed by atoms with Gasteiger partial charge in [0.25, 0.3) is 0 Å². The van der Waals surface area contributed by atoms with Crippen LogP contribution in [-0.2, 0) is 6.42 Å². The van der Waals surface area contributed by atoms with Crippen molar-refractivity contribution >= 4 is 11.3 Å². The molecule has 2 N–H and O–H groups in total. The van der Waals surface area contributed by atoms with E-state index in [1.54, 1.807) is 11.3 Å². The topological polar surface area (TPSA) is 64.9 Å². The van der Waals surface area contributed by atoms with Crippen molar-refractivity contribution in [3.8, 4) is 10.6 Å². The van der Waals surface area contributed by atoms with Gasteiger partial charge >= 0.3 is 0 Å². The fourth-order valence-electron chi connectivity index (χ4n) is 1.43. The van der Waals surface area contributed by atoms with Crippen LogP contribution in [0.1, 0.15) is 16.5 Å². The summed E-state index contributed by atoms with van der Waals surface area (Å²) in [4.78, 5) is 0. The summed E-state index contributed by atoms with van der Waals surface area (Å²) in [5, 5.41) is 10.1. The Morgan fingerprint density at radius 3 is 2.80 bits per heavy atom. The van der Waals surface area contributed by atoms with Gasteiger partial charge in [-0.1, -0.05) is 11.3 Å². The first-order chi connectivity index (χ1) is 7.20. The van der Waals surface area contributed by atoms with Gasteiger partial charge < -0.3 is 10.2 Å². The fraction of sp³-hybridized carbons (Fsp3) is 0.400. The van der Waals surface area contributed by atoms with Gasteiger partial charge in [0.15, 0.2) is 5.01 Å². The van der Waals surface area contributed by atoms with Crippen molar-refractivity contribution < 1.29 is 4.42 Å². The summed E-state index contributed by atoms with van der Waals surface area (Å²) in [5.74, 6) is 1.79. The Hall–Kier alpha value is -1.20. The molecule has 0 saturated heterocycles. The van der Waals surface area contributed by atoms with Crippen molar-refractivity contribution in [3.05, 3.63) is 22.6 Å². The van der Waals surface area contributed by atoms with Crippen molar-refractivity contribution in [1.82, 2.24) is 10.2 Å². The Morgan fingerprint density at radius 2 is 2.20 bits per heavy atom. The number of aryl methyl sites for hydroxylation is 2. The molecule has 4 nitrogen and oxygen atoms in total. The Bertz CT molecular complexity index is 461. The molecule has 2 rings (SSSR count). The predicted molar refractivity (Wildman–Crippen MR) is 59.8 cm³/mol. The minimum Gasteiger partial charge on any atom is -0.466 e. The van der Waals surface area contributed by atoms with Crippen LogP contribution in [0.4, 0.5) is 0 Å². The zero-order valence-corrected chi connectivity index (χ0v) is 9.60. The summed E-state index contributed by atoms with van der Waals surface area (Å²) < 4.78 is 5.45. The highest BCUT2D eigenvalue weighted by atomic mass is 32.1. The molecule has 2 aromatic heterocycles. The summed E-state index contributed by atoms with van der Waals surface area (Å²) in [5.41, 5.74) is 6.50. The summed E-state index contributed by atoms with van der Waals surface area (Å²) >= 11 is 1.58. The molecule has 0 atom stereocenters. The molecule has 0 bridgehead atoms. The molecule has 0 aliphatic carbocycles. The highest BCUT2D eigenvalue weighted by molar-refractivity contribution is 7.14. The lowest BCUT2D eigenvalue weighted by Crippen LogP contribution is -2.01. The summed E-state index contributed by atoms with van der Waals surface area (Å²) in [6, 6.07) is 1.99. The molecule has 0 aliphatic rings. The summed E-state index contributed by atoms with van der Waals surface area (Å²) in [6.07, 6.45) is 0.785. The van der Waals surface area contributed by atoms with Crippen LogP contribution in [0.25, 0.3) is 10.6 Å². The van der Waals surface area contributed by atoms with Crippen LogP contribution in [0, 0.1) is 13.8 Å². The van der Waals surface area contributed by atoms with Crippen LogP contribution >= 0.6 is 11.3 Å². The van der Waals surface area contributed by atoms with E-state index in [9.17, 15) is 0 Å². The average Bonchev–Trinajstić information content (AvgIpc) is 2.73. The SMILES string of the molecule is Cc1cc(-c2nnc(CCN)s2)c(C)o1. The molecule has 0 amide bonds. The standard InChI is InChI=1S/C10H13N3OS/c1-6-5-8(7(2)14-6)10-13-12-9(15-10)3-4-11/h5H,3-4,11H2,1-2H3. The van der Waals surface area contributed by atoms with E-state index in [2.05, 4.69) is 10.2 Å². The van der Waals surface area contributed by atoms with Gasteiger partial charge in [0.2, 0.25) is 0 Å². The van der Waals surface area contributed by atoms with Gasteiger partial charge in [-0.3, -0.25) is 0 Å². The van der Waals surface area contributed by atoms with Crippen molar-refractivity contribution in [2.75, 3.05) is 6.54 Å². The number of aromatic nitrogens is 2. The first-order valence-corrected chi connectivity index (χ1v) is 5.62. The van der Waals surface area contributed by atoms with Crippen LogP contribution in [0.2, 0.25) is 0 Å². The molecule has 0 spiro atoms. The van der Waals surface area contributed by atoms with E-state index < -0.39 is 0 Å². The molecule has 2 aromatic rings. The molecule has 80 valence electrons. The van der Waals surface area contributed by atoms with Crippen LogP contribution < -0.4 is 5.73 Å². The molecule has 15 heavy (non-hydrogen) atoms. The third-order valence-corrected chi connectivity index (χ3v) is 3.11. The normalized spacial score (nSPS) is 10.9. The zero-order chi connectivity index (χ0) is 10.8. The number of hydrogen-bond donors (Lipinski definition) is 1. The van der Waals surface area contributed by atoms with Gasteiger partial charge in [-0.25, -0.2) is 0 Å². The Morgan fingerprint density at radius 1 is 1.40 bits per heavy atom. The Balaban J connectivity index is 2.32. The maximum Gasteiger partial charge on any atom is 0.151 e. The zero-order valence-electron chi connectivity index (χ0n) is 8.78. The summed E-state index contributed by atoms with van der Waals surface area (Å²) in [7, 11) is 0. The second-order valence-corrected chi connectivity index (χ2v) is 4.43. The predicted octanol–water partition coefficient (Wildman–Crippen LogP) is 1.92. The smallest absolute Gasteiger partial charge is 0.151 e. The van der Waals surface area contributed by atoms with E-state index in [-0.39, 0.29) is 0 Å². The molecule has 0 fully saturated rings. The molecule has 2 heterocycles. The van der Waals surface area contributed by atoms with Crippen molar-refractivity contribution in [2.45, 2.75) is 20.3 Å². The average molecular weight is 223 g/mol. The third-order valence-electron chi connectivity index (χ3n) is 2.10. The first-order valence-electron chi connectivity index (χ1n) is 4.80. The van der Waals surface area contributed by atoms with Crippen molar-refractivity contribution in [1.29, 1.82) is 0 Å². The number of rotatable bonds is 3. The maximum atomic E-state index is 5.46. The van der Waals surface area contributed by atoms with Gasteiger partial charge in [-0.15, -0.1) is 10.2 Å². The number of hydrogen-bond acceptors (Lipinski definition) is 5. The second-order valence-electron chi connectivity index (χ2n) is 3.37. The van der Waals surface area contributed by atoms with E-state index in [1.807, 2.05) is 19.9 Å². The van der Waals surface area contributed by atoms with Gasteiger partial charge in [0.1, 0.15) is 16.5 Å². The molecule has 0 unspecified atom stereocenters. The monoisotopic (exact) mass is 223 g/mol. The lowest BCUT2D eigenvalue weighted by atomic mass is 10.2.